The highest BCUT2D eigenvalue weighted by atomic mass is 19.2. The molecule has 1 heterocycles. The van der Waals surface area contributed by atoms with Gasteiger partial charge in [-0.05, 0) is 28.3 Å². The molecule has 2 radical (unpaired) electrons. The van der Waals surface area contributed by atoms with E-state index in [0.717, 1.165) is 5.56 Å². The van der Waals surface area contributed by atoms with Crippen LogP contribution < -0.4 is 0 Å². The van der Waals surface area contributed by atoms with Crippen LogP contribution in [-0.2, 0) is 15.8 Å². The van der Waals surface area contributed by atoms with Gasteiger partial charge in [0.15, 0.2) is 17.9 Å². The van der Waals surface area contributed by atoms with Crippen molar-refractivity contribution in [2.45, 2.75) is 12.6 Å². The zero-order valence-corrected chi connectivity index (χ0v) is 16.8. The quantitative estimate of drug-likeness (QED) is 0.375. The van der Waals surface area contributed by atoms with Crippen LogP contribution in [0.3, 0.4) is 0 Å². The van der Waals surface area contributed by atoms with Crippen LogP contribution in [0, 0.1) is 23.4 Å². The zero-order chi connectivity index (χ0) is 22.0. The van der Waals surface area contributed by atoms with Crippen molar-refractivity contribution in [3.05, 3.63) is 95.8 Å². The van der Waals surface area contributed by atoms with Crippen LogP contribution in [0.5, 0.6) is 0 Å². The fraction of sp³-hybridized carbons (Fsp3) is 0.200. The molecule has 31 heavy (non-hydrogen) atoms. The SMILES string of the molecule is [B]Cc1ccc(-c2ccc(-c3ccc(C4OCC(C=C)CO4)c(F)c3)cc2)c(F)c1F. The number of rotatable bonds is 5. The molecule has 0 unspecified atom stereocenters. The molecule has 3 aromatic carbocycles. The molecule has 6 heteroatoms. The first-order chi connectivity index (χ1) is 15.0. The van der Waals surface area contributed by atoms with Crippen molar-refractivity contribution >= 4 is 7.85 Å². The van der Waals surface area contributed by atoms with Gasteiger partial charge in [0.1, 0.15) is 5.82 Å². The Morgan fingerprint density at radius 1 is 0.871 bits per heavy atom. The van der Waals surface area contributed by atoms with E-state index in [4.69, 9.17) is 17.3 Å². The topological polar surface area (TPSA) is 18.5 Å². The molecule has 0 saturated carbocycles. The third kappa shape index (κ3) is 4.32. The Morgan fingerprint density at radius 3 is 2.13 bits per heavy atom. The van der Waals surface area contributed by atoms with Crippen molar-refractivity contribution < 1.29 is 22.6 Å². The maximum atomic E-state index is 14.7. The second kappa shape index (κ2) is 9.12. The molecule has 0 spiro atoms. The third-order valence-electron chi connectivity index (χ3n) is 5.42. The molecular weight excluding hydrogens is 400 g/mol. The molecule has 1 aliphatic heterocycles. The number of hydrogen-bond acceptors (Lipinski definition) is 2. The summed E-state index contributed by atoms with van der Waals surface area (Å²) in [5.41, 5.74) is 2.51. The Balaban J connectivity index is 1.55. The van der Waals surface area contributed by atoms with Crippen LogP contribution in [0.2, 0.25) is 0 Å². The maximum Gasteiger partial charge on any atom is 0.186 e. The molecule has 0 aliphatic carbocycles. The fourth-order valence-electron chi connectivity index (χ4n) is 3.54. The summed E-state index contributed by atoms with van der Waals surface area (Å²) in [4.78, 5) is 0. The number of halogens is 3. The molecular formula is C25H20BF3O2. The Bertz CT molecular complexity index is 1090. The van der Waals surface area contributed by atoms with E-state index in [0.29, 0.717) is 29.9 Å². The minimum atomic E-state index is -0.937. The lowest BCUT2D eigenvalue weighted by Gasteiger charge is -2.28. The van der Waals surface area contributed by atoms with Gasteiger partial charge in [-0.1, -0.05) is 60.9 Å². The summed E-state index contributed by atoms with van der Waals surface area (Å²) < 4.78 is 54.3. The summed E-state index contributed by atoms with van der Waals surface area (Å²) >= 11 is 0. The molecule has 1 fully saturated rings. The smallest absolute Gasteiger partial charge is 0.186 e. The lowest BCUT2D eigenvalue weighted by atomic mass is 9.93. The van der Waals surface area contributed by atoms with Crippen LogP contribution in [0.25, 0.3) is 22.3 Å². The van der Waals surface area contributed by atoms with E-state index in [1.54, 1.807) is 42.5 Å². The minimum absolute atomic E-state index is 0.0741. The molecule has 3 aromatic rings. The summed E-state index contributed by atoms with van der Waals surface area (Å²) in [5.74, 6) is -2.21. The van der Waals surface area contributed by atoms with E-state index in [9.17, 15) is 13.2 Å². The van der Waals surface area contributed by atoms with Gasteiger partial charge in [-0.25, -0.2) is 13.2 Å². The highest BCUT2D eigenvalue weighted by molar-refractivity contribution is 6.08. The summed E-state index contributed by atoms with van der Waals surface area (Å²) in [5, 5.41) is 0. The molecule has 0 amide bonds. The van der Waals surface area contributed by atoms with Gasteiger partial charge in [0.05, 0.1) is 21.1 Å². The van der Waals surface area contributed by atoms with Crippen LogP contribution in [0.15, 0.2) is 67.3 Å². The van der Waals surface area contributed by atoms with Crippen LogP contribution in [0.1, 0.15) is 17.4 Å². The van der Waals surface area contributed by atoms with Crippen molar-refractivity contribution in [3.63, 3.8) is 0 Å². The van der Waals surface area contributed by atoms with Crippen molar-refractivity contribution in [1.82, 2.24) is 0 Å². The van der Waals surface area contributed by atoms with E-state index in [-0.39, 0.29) is 23.4 Å². The summed E-state index contributed by atoms with van der Waals surface area (Å²) in [6.07, 6.45) is 0.934. The molecule has 0 aromatic heterocycles. The molecule has 0 bridgehead atoms. The van der Waals surface area contributed by atoms with Gasteiger partial charge in [-0.15, -0.1) is 6.58 Å². The standard InChI is InChI=1S/C25H20BF3O2/c1-2-15-13-30-25(31-14-15)21-10-7-18(11-22(21)27)16-3-5-17(6-4-16)20-9-8-19(12-26)23(28)24(20)29/h2-11,15,25H,1,12-14H2. The van der Waals surface area contributed by atoms with Crippen molar-refractivity contribution in [1.29, 1.82) is 0 Å². The molecule has 0 N–H and O–H groups in total. The van der Waals surface area contributed by atoms with Crippen molar-refractivity contribution in [2.24, 2.45) is 5.92 Å². The largest absolute Gasteiger partial charge is 0.348 e. The van der Waals surface area contributed by atoms with E-state index >= 15 is 0 Å². The van der Waals surface area contributed by atoms with E-state index < -0.39 is 23.7 Å². The highest BCUT2D eigenvalue weighted by Gasteiger charge is 2.24. The zero-order valence-electron chi connectivity index (χ0n) is 16.8. The lowest BCUT2D eigenvalue weighted by molar-refractivity contribution is -0.198. The normalized spacial score (nSPS) is 18.7. The van der Waals surface area contributed by atoms with Gasteiger partial charge in [-0.2, -0.15) is 0 Å². The number of ether oxygens (including phenoxy) is 2. The van der Waals surface area contributed by atoms with Gasteiger partial charge in [0, 0.05) is 17.0 Å². The van der Waals surface area contributed by atoms with Crippen molar-refractivity contribution in [2.75, 3.05) is 13.2 Å². The Morgan fingerprint density at radius 2 is 1.52 bits per heavy atom. The van der Waals surface area contributed by atoms with Crippen molar-refractivity contribution in [3.8, 4) is 22.3 Å². The molecule has 1 saturated heterocycles. The Hall–Kier alpha value is -2.83. The predicted molar refractivity (Wildman–Crippen MR) is 115 cm³/mol. The van der Waals surface area contributed by atoms with Gasteiger partial charge in [0.2, 0.25) is 0 Å². The van der Waals surface area contributed by atoms with Crippen LogP contribution in [0.4, 0.5) is 13.2 Å². The minimum Gasteiger partial charge on any atom is -0.348 e. The first-order valence-corrected chi connectivity index (χ1v) is 9.94. The van der Waals surface area contributed by atoms with E-state index in [1.807, 2.05) is 0 Å². The average Bonchev–Trinajstić information content (AvgIpc) is 2.81. The van der Waals surface area contributed by atoms with Gasteiger partial charge >= 0.3 is 0 Å². The second-order valence-corrected chi connectivity index (χ2v) is 7.41. The maximum absolute atomic E-state index is 14.7. The molecule has 0 atom stereocenters. The molecule has 156 valence electrons. The average molecular weight is 420 g/mol. The summed E-state index contributed by atoms with van der Waals surface area (Å²) in [7, 11) is 5.42. The number of hydrogen-bond donors (Lipinski definition) is 0. The van der Waals surface area contributed by atoms with E-state index in [1.165, 1.54) is 18.2 Å². The Kier molecular flexibility index (Phi) is 6.30. The second-order valence-electron chi connectivity index (χ2n) is 7.41. The van der Waals surface area contributed by atoms with Gasteiger partial charge < -0.3 is 9.47 Å². The third-order valence-corrected chi connectivity index (χ3v) is 5.42. The molecule has 1 aliphatic rings. The van der Waals surface area contributed by atoms with Gasteiger partial charge in [0.25, 0.3) is 0 Å². The first-order valence-electron chi connectivity index (χ1n) is 9.94. The molecule has 4 rings (SSSR count). The highest BCUT2D eigenvalue weighted by Crippen LogP contribution is 2.32. The first kappa shape index (κ1) is 21.4. The predicted octanol–water partition coefficient (Wildman–Crippen LogP) is 5.95. The fourth-order valence-corrected chi connectivity index (χ4v) is 3.54. The number of benzene rings is 3. The summed E-state index contributed by atoms with van der Waals surface area (Å²) in [6, 6.07) is 14.6. The molecule has 2 nitrogen and oxygen atoms in total. The van der Waals surface area contributed by atoms with Crippen LogP contribution in [-0.4, -0.2) is 21.1 Å². The van der Waals surface area contributed by atoms with Crippen LogP contribution >= 0.6 is 0 Å². The summed E-state index contributed by atoms with van der Waals surface area (Å²) in [6.45, 7) is 4.57. The Labute approximate surface area is 180 Å². The monoisotopic (exact) mass is 420 g/mol. The van der Waals surface area contributed by atoms with E-state index in [2.05, 4.69) is 6.58 Å². The van der Waals surface area contributed by atoms with Gasteiger partial charge in [-0.3, -0.25) is 0 Å². The lowest BCUT2D eigenvalue weighted by Crippen LogP contribution is -2.26.